The van der Waals surface area contributed by atoms with Crippen molar-refractivity contribution < 1.29 is 9.32 Å². The summed E-state index contributed by atoms with van der Waals surface area (Å²) in [6.45, 7) is 2.42. The summed E-state index contributed by atoms with van der Waals surface area (Å²) in [5.41, 5.74) is 2.93. The van der Waals surface area contributed by atoms with Crippen molar-refractivity contribution in [1.29, 1.82) is 0 Å². The molecule has 24 heavy (non-hydrogen) atoms. The number of hydrogen-bond donors (Lipinski definition) is 1. The fraction of sp³-hybridized carbons (Fsp3) is 0.529. The summed E-state index contributed by atoms with van der Waals surface area (Å²) < 4.78 is 5.40. The molecule has 0 saturated carbocycles. The summed E-state index contributed by atoms with van der Waals surface area (Å²) in [5, 5.41) is 7.13. The highest BCUT2D eigenvalue weighted by Gasteiger charge is 2.22. The Morgan fingerprint density at radius 1 is 1.38 bits per heavy atom. The second-order valence-corrected chi connectivity index (χ2v) is 6.35. The lowest BCUT2D eigenvalue weighted by molar-refractivity contribution is 0.202. The van der Waals surface area contributed by atoms with E-state index in [2.05, 4.69) is 20.4 Å². The molecule has 0 bridgehead atoms. The van der Waals surface area contributed by atoms with E-state index in [1.807, 2.05) is 6.92 Å². The first kappa shape index (κ1) is 16.4. The van der Waals surface area contributed by atoms with Gasteiger partial charge in [0.15, 0.2) is 0 Å². The van der Waals surface area contributed by atoms with Crippen molar-refractivity contribution in [2.45, 2.75) is 51.6 Å². The molecule has 1 N–H and O–H groups in total. The predicted molar refractivity (Wildman–Crippen MR) is 88.3 cm³/mol. The molecule has 1 aliphatic carbocycles. The third-order valence-corrected chi connectivity index (χ3v) is 4.27. The maximum Gasteiger partial charge on any atom is 0.317 e. The number of amides is 2. The highest BCUT2D eigenvalue weighted by Crippen LogP contribution is 2.24. The first-order valence-corrected chi connectivity index (χ1v) is 8.36. The van der Waals surface area contributed by atoms with Crippen molar-refractivity contribution in [3.05, 3.63) is 41.3 Å². The molecule has 1 atom stereocenters. The van der Waals surface area contributed by atoms with E-state index in [0.717, 1.165) is 42.8 Å². The van der Waals surface area contributed by atoms with Gasteiger partial charge in [-0.05, 0) is 26.2 Å². The van der Waals surface area contributed by atoms with Gasteiger partial charge in [-0.25, -0.2) is 4.79 Å². The lowest BCUT2D eigenvalue weighted by Gasteiger charge is -2.21. The third-order valence-electron chi connectivity index (χ3n) is 4.27. The van der Waals surface area contributed by atoms with Gasteiger partial charge in [0.05, 0.1) is 12.2 Å². The van der Waals surface area contributed by atoms with E-state index < -0.39 is 0 Å². The van der Waals surface area contributed by atoms with Crippen molar-refractivity contribution >= 4 is 6.03 Å². The molecular weight excluding hydrogens is 306 g/mol. The van der Waals surface area contributed by atoms with Crippen LogP contribution in [0.25, 0.3) is 0 Å². The number of hydrogen-bond acceptors (Lipinski definition) is 5. The zero-order valence-electron chi connectivity index (χ0n) is 14.2. The summed E-state index contributed by atoms with van der Waals surface area (Å²) in [4.78, 5) is 22.3. The SMILES string of the molecule is CC(Cc1cnccn1)NC(=O)N(C)Cc1noc2c1CCCC2. The molecule has 1 aliphatic rings. The average Bonchev–Trinajstić information content (AvgIpc) is 2.99. The number of carbonyl (C=O) groups excluding carboxylic acids is 1. The standard InChI is InChI=1S/C17H23N5O2/c1-12(9-13-10-18-7-8-19-13)20-17(23)22(2)11-15-14-5-3-4-6-16(14)24-21-15/h7-8,10,12H,3-6,9,11H2,1-2H3,(H,20,23). The van der Waals surface area contributed by atoms with Gasteiger partial charge in [-0.15, -0.1) is 0 Å². The number of nitrogens with zero attached hydrogens (tertiary/aromatic N) is 4. The zero-order valence-corrected chi connectivity index (χ0v) is 14.2. The van der Waals surface area contributed by atoms with E-state index in [-0.39, 0.29) is 12.1 Å². The minimum absolute atomic E-state index is 0.0251. The summed E-state index contributed by atoms with van der Waals surface area (Å²) in [6.07, 6.45) is 9.91. The molecule has 0 spiro atoms. The molecule has 0 radical (unpaired) electrons. The Labute approximate surface area is 141 Å². The highest BCUT2D eigenvalue weighted by molar-refractivity contribution is 5.74. The van der Waals surface area contributed by atoms with Gasteiger partial charge in [0.25, 0.3) is 0 Å². The number of aromatic nitrogens is 3. The molecule has 7 nitrogen and oxygen atoms in total. The van der Waals surface area contributed by atoms with Crippen LogP contribution in [0.4, 0.5) is 4.79 Å². The van der Waals surface area contributed by atoms with Gasteiger partial charge in [-0.3, -0.25) is 9.97 Å². The van der Waals surface area contributed by atoms with Gasteiger partial charge in [-0.1, -0.05) is 5.16 Å². The van der Waals surface area contributed by atoms with Gasteiger partial charge in [0, 0.05) is 50.1 Å². The van der Waals surface area contributed by atoms with Crippen LogP contribution in [0.5, 0.6) is 0 Å². The molecule has 0 aliphatic heterocycles. The lowest BCUT2D eigenvalue weighted by atomic mass is 9.96. The summed E-state index contributed by atoms with van der Waals surface area (Å²) in [5.74, 6) is 0.987. The first-order valence-electron chi connectivity index (χ1n) is 8.36. The number of urea groups is 1. The number of rotatable bonds is 5. The maximum absolute atomic E-state index is 12.4. The summed E-state index contributed by atoms with van der Waals surface area (Å²) in [7, 11) is 1.77. The molecule has 128 valence electrons. The molecule has 2 heterocycles. The van der Waals surface area contributed by atoms with Gasteiger partial charge >= 0.3 is 6.03 Å². The second-order valence-electron chi connectivity index (χ2n) is 6.35. The van der Waals surface area contributed by atoms with Crippen LogP contribution in [0, 0.1) is 0 Å². The van der Waals surface area contributed by atoms with E-state index in [9.17, 15) is 4.79 Å². The first-order chi connectivity index (χ1) is 11.6. The minimum atomic E-state index is -0.126. The van der Waals surface area contributed by atoms with Crippen LogP contribution >= 0.6 is 0 Å². The second kappa shape index (κ2) is 7.42. The Kier molecular flexibility index (Phi) is 5.08. The molecule has 0 aromatic carbocycles. The Morgan fingerprint density at radius 2 is 2.21 bits per heavy atom. The topological polar surface area (TPSA) is 84.2 Å². The smallest absolute Gasteiger partial charge is 0.317 e. The minimum Gasteiger partial charge on any atom is -0.361 e. The van der Waals surface area contributed by atoms with E-state index in [1.54, 1.807) is 30.5 Å². The largest absolute Gasteiger partial charge is 0.361 e. The number of nitrogens with one attached hydrogen (secondary N) is 1. The predicted octanol–water partition coefficient (Wildman–Crippen LogP) is 2.12. The van der Waals surface area contributed by atoms with E-state index in [4.69, 9.17) is 4.52 Å². The Morgan fingerprint density at radius 3 is 3.00 bits per heavy atom. The van der Waals surface area contributed by atoms with E-state index in [0.29, 0.717) is 13.0 Å². The molecule has 2 aromatic heterocycles. The molecule has 3 rings (SSSR count). The zero-order chi connectivity index (χ0) is 16.9. The van der Waals surface area contributed by atoms with Crippen molar-refractivity contribution in [3.63, 3.8) is 0 Å². The highest BCUT2D eigenvalue weighted by atomic mass is 16.5. The van der Waals surface area contributed by atoms with Crippen LogP contribution in [0.3, 0.4) is 0 Å². The molecule has 2 aromatic rings. The van der Waals surface area contributed by atoms with Gasteiger partial charge in [-0.2, -0.15) is 0 Å². The van der Waals surface area contributed by atoms with Gasteiger partial charge < -0.3 is 14.7 Å². The van der Waals surface area contributed by atoms with Gasteiger partial charge in [0.2, 0.25) is 0 Å². The fourth-order valence-corrected chi connectivity index (χ4v) is 2.99. The Hall–Kier alpha value is -2.44. The molecular formula is C17H23N5O2. The van der Waals surface area contributed by atoms with E-state index >= 15 is 0 Å². The van der Waals surface area contributed by atoms with Crippen molar-refractivity contribution in [2.24, 2.45) is 0 Å². The van der Waals surface area contributed by atoms with Gasteiger partial charge in [0.1, 0.15) is 11.5 Å². The monoisotopic (exact) mass is 329 g/mol. The number of fused-ring (bicyclic) bond motifs is 1. The van der Waals surface area contributed by atoms with Crippen LogP contribution < -0.4 is 5.32 Å². The Bertz CT molecular complexity index is 686. The quantitative estimate of drug-likeness (QED) is 0.908. The number of carbonyl (C=O) groups is 1. The average molecular weight is 329 g/mol. The van der Waals surface area contributed by atoms with Crippen LogP contribution in [-0.4, -0.2) is 39.1 Å². The molecule has 0 fully saturated rings. The van der Waals surface area contributed by atoms with E-state index in [1.165, 1.54) is 5.56 Å². The third kappa shape index (κ3) is 3.90. The normalized spacial score (nSPS) is 14.8. The fourth-order valence-electron chi connectivity index (χ4n) is 2.99. The summed E-state index contributed by atoms with van der Waals surface area (Å²) in [6, 6.07) is -0.151. The van der Waals surface area contributed by atoms with Crippen LogP contribution in [0.2, 0.25) is 0 Å². The van der Waals surface area contributed by atoms with Crippen LogP contribution in [0.1, 0.15) is 42.5 Å². The van der Waals surface area contributed by atoms with Crippen molar-refractivity contribution in [3.8, 4) is 0 Å². The molecule has 1 unspecified atom stereocenters. The maximum atomic E-state index is 12.4. The van der Waals surface area contributed by atoms with Crippen LogP contribution in [-0.2, 0) is 25.8 Å². The van der Waals surface area contributed by atoms with Crippen molar-refractivity contribution in [2.75, 3.05) is 7.05 Å². The number of aryl methyl sites for hydroxylation is 1. The molecule has 7 heteroatoms. The Balaban J connectivity index is 1.54. The van der Waals surface area contributed by atoms with Crippen LogP contribution in [0.15, 0.2) is 23.1 Å². The van der Waals surface area contributed by atoms with Crippen molar-refractivity contribution in [1.82, 2.24) is 25.3 Å². The molecule has 0 saturated heterocycles. The lowest BCUT2D eigenvalue weighted by Crippen LogP contribution is -2.42. The summed E-state index contributed by atoms with van der Waals surface area (Å²) >= 11 is 0. The molecule has 2 amide bonds.